The predicted molar refractivity (Wildman–Crippen MR) is 78.0 cm³/mol. The minimum Gasteiger partial charge on any atom is -0.466 e. The third kappa shape index (κ3) is 1.67. The standard InChI is InChI=1S/C18H20O2/c1-20-17(19)10-16-14-5-3-2-4-11(14)9-15-12-6-7-13(8-12)18(15)16/h2-5,10,12-13,15,18H,6-9H2,1H3/b16-10+/t12-,13+,15+,18-/m1/s1. The summed E-state index contributed by atoms with van der Waals surface area (Å²) in [6, 6.07) is 8.59. The summed E-state index contributed by atoms with van der Waals surface area (Å²) >= 11 is 0. The van der Waals surface area contributed by atoms with Gasteiger partial charge in [-0.3, -0.25) is 0 Å². The molecular weight excluding hydrogens is 248 g/mol. The zero-order valence-corrected chi connectivity index (χ0v) is 11.8. The average molecular weight is 268 g/mol. The van der Waals surface area contributed by atoms with Crippen LogP contribution in [0.5, 0.6) is 0 Å². The van der Waals surface area contributed by atoms with Gasteiger partial charge in [0, 0.05) is 6.08 Å². The lowest BCUT2D eigenvalue weighted by atomic mass is 9.66. The van der Waals surface area contributed by atoms with E-state index < -0.39 is 0 Å². The molecule has 3 aliphatic carbocycles. The summed E-state index contributed by atoms with van der Waals surface area (Å²) in [4.78, 5) is 11.8. The molecule has 0 radical (unpaired) electrons. The number of carbonyl (C=O) groups is 1. The molecule has 0 aromatic heterocycles. The molecule has 20 heavy (non-hydrogen) atoms. The Labute approximate surface area is 119 Å². The van der Waals surface area contributed by atoms with Crippen molar-refractivity contribution in [3.63, 3.8) is 0 Å². The van der Waals surface area contributed by atoms with Crippen molar-refractivity contribution >= 4 is 11.5 Å². The summed E-state index contributed by atoms with van der Waals surface area (Å²) in [5, 5.41) is 0. The van der Waals surface area contributed by atoms with Crippen LogP contribution in [-0.2, 0) is 16.0 Å². The summed E-state index contributed by atoms with van der Waals surface area (Å²) in [7, 11) is 1.46. The van der Waals surface area contributed by atoms with Crippen molar-refractivity contribution in [3.05, 3.63) is 41.5 Å². The molecule has 4 rings (SSSR count). The molecule has 0 spiro atoms. The number of hydrogen-bond donors (Lipinski definition) is 0. The van der Waals surface area contributed by atoms with Crippen LogP contribution in [0.25, 0.3) is 5.57 Å². The number of benzene rings is 1. The summed E-state index contributed by atoms with van der Waals surface area (Å²) in [5.41, 5.74) is 3.94. The van der Waals surface area contributed by atoms with Crippen molar-refractivity contribution in [2.75, 3.05) is 7.11 Å². The maximum Gasteiger partial charge on any atom is 0.330 e. The summed E-state index contributed by atoms with van der Waals surface area (Å²) in [6.07, 6.45) is 7.05. The first-order chi connectivity index (χ1) is 9.78. The van der Waals surface area contributed by atoms with E-state index in [4.69, 9.17) is 4.74 Å². The maximum atomic E-state index is 11.8. The Morgan fingerprint density at radius 3 is 2.90 bits per heavy atom. The molecule has 0 N–H and O–H groups in total. The van der Waals surface area contributed by atoms with E-state index >= 15 is 0 Å². The molecule has 2 saturated carbocycles. The maximum absolute atomic E-state index is 11.8. The second-order valence-electron chi connectivity index (χ2n) is 6.51. The molecule has 0 amide bonds. The summed E-state index contributed by atoms with van der Waals surface area (Å²) in [6.45, 7) is 0. The van der Waals surface area contributed by atoms with Crippen LogP contribution in [0.4, 0.5) is 0 Å². The van der Waals surface area contributed by atoms with Crippen molar-refractivity contribution in [1.82, 2.24) is 0 Å². The van der Waals surface area contributed by atoms with Gasteiger partial charge in [-0.15, -0.1) is 0 Å². The third-order valence-corrected chi connectivity index (χ3v) is 5.71. The highest BCUT2D eigenvalue weighted by Crippen LogP contribution is 2.59. The number of fused-ring (bicyclic) bond motifs is 6. The molecule has 2 fully saturated rings. The van der Waals surface area contributed by atoms with Crippen LogP contribution >= 0.6 is 0 Å². The second kappa shape index (κ2) is 4.47. The Morgan fingerprint density at radius 1 is 1.25 bits per heavy atom. The molecule has 2 heteroatoms. The lowest BCUT2D eigenvalue weighted by Crippen LogP contribution is -2.30. The van der Waals surface area contributed by atoms with Crippen LogP contribution in [0.1, 0.15) is 30.4 Å². The molecule has 104 valence electrons. The smallest absolute Gasteiger partial charge is 0.330 e. The van der Waals surface area contributed by atoms with E-state index in [1.807, 2.05) is 0 Å². The fraction of sp³-hybridized carbons (Fsp3) is 0.500. The third-order valence-electron chi connectivity index (χ3n) is 5.71. The fourth-order valence-electron chi connectivity index (χ4n) is 4.96. The van der Waals surface area contributed by atoms with Crippen molar-refractivity contribution in [1.29, 1.82) is 0 Å². The lowest BCUT2D eigenvalue weighted by Gasteiger charge is -2.38. The van der Waals surface area contributed by atoms with Crippen LogP contribution in [0.3, 0.4) is 0 Å². The van der Waals surface area contributed by atoms with Gasteiger partial charge in [-0.05, 0) is 66.1 Å². The van der Waals surface area contributed by atoms with Gasteiger partial charge in [0.15, 0.2) is 0 Å². The first-order valence-corrected chi connectivity index (χ1v) is 7.65. The van der Waals surface area contributed by atoms with Gasteiger partial charge in [0.1, 0.15) is 0 Å². The highest BCUT2D eigenvalue weighted by Gasteiger charge is 2.50. The van der Waals surface area contributed by atoms with Gasteiger partial charge in [-0.25, -0.2) is 4.79 Å². The minimum atomic E-state index is -0.210. The fourth-order valence-corrected chi connectivity index (χ4v) is 4.96. The van der Waals surface area contributed by atoms with Gasteiger partial charge < -0.3 is 4.74 Å². The first-order valence-electron chi connectivity index (χ1n) is 7.65. The van der Waals surface area contributed by atoms with Gasteiger partial charge >= 0.3 is 5.97 Å². The number of carbonyl (C=O) groups excluding carboxylic acids is 1. The van der Waals surface area contributed by atoms with E-state index in [0.29, 0.717) is 5.92 Å². The number of allylic oxidation sites excluding steroid dienone is 1. The normalized spacial score (nSPS) is 35.8. The summed E-state index contributed by atoms with van der Waals surface area (Å²) < 4.78 is 4.88. The lowest BCUT2D eigenvalue weighted by molar-refractivity contribution is -0.134. The number of rotatable bonds is 1. The zero-order chi connectivity index (χ0) is 13.7. The van der Waals surface area contributed by atoms with Gasteiger partial charge in [0.05, 0.1) is 7.11 Å². The molecule has 3 aliphatic rings. The van der Waals surface area contributed by atoms with Crippen molar-refractivity contribution in [3.8, 4) is 0 Å². The molecule has 0 heterocycles. The second-order valence-corrected chi connectivity index (χ2v) is 6.51. The Kier molecular flexibility index (Phi) is 2.73. The molecule has 0 saturated heterocycles. The van der Waals surface area contributed by atoms with Crippen molar-refractivity contribution < 1.29 is 9.53 Å². The molecule has 2 nitrogen and oxygen atoms in total. The molecule has 0 unspecified atom stereocenters. The van der Waals surface area contributed by atoms with Gasteiger partial charge in [-0.2, -0.15) is 0 Å². The van der Waals surface area contributed by atoms with Crippen LogP contribution in [0.2, 0.25) is 0 Å². The van der Waals surface area contributed by atoms with Gasteiger partial charge in [0.25, 0.3) is 0 Å². The zero-order valence-electron chi connectivity index (χ0n) is 11.8. The minimum absolute atomic E-state index is 0.210. The van der Waals surface area contributed by atoms with E-state index in [9.17, 15) is 4.79 Å². The van der Waals surface area contributed by atoms with Crippen molar-refractivity contribution in [2.45, 2.75) is 25.7 Å². The summed E-state index contributed by atoms with van der Waals surface area (Å²) in [5.74, 6) is 2.79. The molecular formula is C18H20O2. The van der Waals surface area contributed by atoms with Crippen molar-refractivity contribution in [2.24, 2.45) is 23.7 Å². The van der Waals surface area contributed by atoms with Gasteiger partial charge in [0.2, 0.25) is 0 Å². The molecule has 1 aromatic rings. The monoisotopic (exact) mass is 268 g/mol. The quantitative estimate of drug-likeness (QED) is 0.576. The Balaban J connectivity index is 1.84. The molecule has 0 aliphatic heterocycles. The van der Waals surface area contributed by atoms with Crippen LogP contribution in [-0.4, -0.2) is 13.1 Å². The number of methoxy groups -OCH3 is 1. The largest absolute Gasteiger partial charge is 0.466 e. The van der Waals surface area contributed by atoms with E-state index in [0.717, 1.165) is 17.8 Å². The topological polar surface area (TPSA) is 26.3 Å². The van der Waals surface area contributed by atoms with Crippen LogP contribution in [0.15, 0.2) is 30.3 Å². The highest BCUT2D eigenvalue weighted by molar-refractivity contribution is 5.93. The van der Waals surface area contributed by atoms with Gasteiger partial charge in [-0.1, -0.05) is 24.3 Å². The Morgan fingerprint density at radius 2 is 2.05 bits per heavy atom. The van der Waals surface area contributed by atoms with E-state index in [-0.39, 0.29) is 5.97 Å². The molecule has 2 bridgehead atoms. The number of hydrogen-bond acceptors (Lipinski definition) is 2. The molecule has 1 aromatic carbocycles. The average Bonchev–Trinajstić information content (AvgIpc) is 3.08. The number of esters is 1. The number of ether oxygens (including phenoxy) is 1. The highest BCUT2D eigenvalue weighted by atomic mass is 16.5. The molecule has 4 atom stereocenters. The van der Waals surface area contributed by atoms with E-state index in [1.54, 1.807) is 6.08 Å². The van der Waals surface area contributed by atoms with Crippen LogP contribution in [0, 0.1) is 23.7 Å². The Bertz CT molecular complexity index is 587. The van der Waals surface area contributed by atoms with Crippen LogP contribution < -0.4 is 0 Å². The van der Waals surface area contributed by atoms with E-state index in [1.165, 1.54) is 49.5 Å². The predicted octanol–water partition coefficient (Wildman–Crippen LogP) is 3.46. The Hall–Kier alpha value is -1.57. The van der Waals surface area contributed by atoms with E-state index in [2.05, 4.69) is 24.3 Å². The SMILES string of the molecule is COC(=O)/C=C1\c2ccccc2C[C@H]2[C@@H]3CC[C@@H](C3)[C@@H]12. The first kappa shape index (κ1) is 12.2.